The summed E-state index contributed by atoms with van der Waals surface area (Å²) >= 11 is 0. The second-order valence-electron chi connectivity index (χ2n) is 6.55. The van der Waals surface area contributed by atoms with Gasteiger partial charge in [0, 0.05) is 18.5 Å². The number of amides is 1. The number of rotatable bonds is 6. The number of benzene rings is 1. The van der Waals surface area contributed by atoms with Crippen LogP contribution in [0.15, 0.2) is 41.1 Å². The molecule has 1 amide bonds. The number of aliphatic hydroxyl groups is 1. The van der Waals surface area contributed by atoms with Crippen molar-refractivity contribution in [2.45, 2.75) is 39.3 Å². The predicted molar refractivity (Wildman–Crippen MR) is 95.1 cm³/mol. The van der Waals surface area contributed by atoms with Crippen LogP contribution in [0.3, 0.4) is 0 Å². The lowest BCUT2D eigenvalue weighted by molar-refractivity contribution is -0.122. The Labute approximate surface area is 146 Å². The Hall–Kier alpha value is -2.60. The van der Waals surface area contributed by atoms with Crippen molar-refractivity contribution in [2.75, 3.05) is 6.54 Å². The largest absolute Gasteiger partial charge is 0.466 e. The Morgan fingerprint density at radius 3 is 2.84 bits per heavy atom. The average Bonchev–Trinajstić information content (AvgIpc) is 3.14. The Morgan fingerprint density at radius 1 is 1.36 bits per heavy atom. The van der Waals surface area contributed by atoms with Crippen molar-refractivity contribution in [1.82, 2.24) is 14.9 Å². The molecule has 1 aromatic carbocycles. The molecule has 2 heterocycles. The highest BCUT2D eigenvalue weighted by molar-refractivity contribution is 5.77. The zero-order valence-corrected chi connectivity index (χ0v) is 14.7. The van der Waals surface area contributed by atoms with Gasteiger partial charge >= 0.3 is 0 Å². The summed E-state index contributed by atoms with van der Waals surface area (Å²) in [5.74, 6) is 1.30. The van der Waals surface area contributed by atoms with E-state index in [0.29, 0.717) is 24.3 Å². The van der Waals surface area contributed by atoms with Gasteiger partial charge in [-0.15, -0.1) is 0 Å². The molecule has 0 aliphatic carbocycles. The van der Waals surface area contributed by atoms with E-state index >= 15 is 0 Å². The molecule has 6 heteroatoms. The number of aryl methyl sites for hydroxylation is 3. The van der Waals surface area contributed by atoms with Gasteiger partial charge < -0.3 is 19.4 Å². The second-order valence-corrected chi connectivity index (χ2v) is 6.55. The van der Waals surface area contributed by atoms with Crippen LogP contribution in [0, 0.1) is 13.8 Å². The molecule has 3 rings (SSSR count). The molecule has 0 saturated heterocycles. The molecule has 0 bridgehead atoms. The van der Waals surface area contributed by atoms with Crippen LogP contribution in [-0.4, -0.2) is 27.1 Å². The van der Waals surface area contributed by atoms with E-state index in [1.807, 2.05) is 42.7 Å². The number of nitrogens with one attached hydrogen (secondary N) is 1. The van der Waals surface area contributed by atoms with Gasteiger partial charge in [-0.3, -0.25) is 4.79 Å². The molecule has 1 unspecified atom stereocenters. The Morgan fingerprint density at radius 2 is 2.12 bits per heavy atom. The second kappa shape index (κ2) is 6.72. The Kier molecular flexibility index (Phi) is 4.63. The molecule has 25 heavy (non-hydrogen) atoms. The van der Waals surface area contributed by atoms with Gasteiger partial charge in [-0.05, 0) is 39.0 Å². The summed E-state index contributed by atoms with van der Waals surface area (Å²) < 4.78 is 7.42. The fraction of sp³-hybridized carbons (Fsp3) is 0.368. The van der Waals surface area contributed by atoms with E-state index in [1.54, 1.807) is 19.3 Å². The van der Waals surface area contributed by atoms with Gasteiger partial charge in [-0.2, -0.15) is 0 Å². The number of imidazole rings is 1. The number of hydrogen-bond donors (Lipinski definition) is 2. The molecule has 0 spiro atoms. The van der Waals surface area contributed by atoms with Gasteiger partial charge in [-0.1, -0.05) is 12.1 Å². The summed E-state index contributed by atoms with van der Waals surface area (Å²) in [5.41, 5.74) is 1.45. The van der Waals surface area contributed by atoms with E-state index in [0.717, 1.165) is 16.8 Å². The van der Waals surface area contributed by atoms with E-state index in [2.05, 4.69) is 10.3 Å². The molecule has 2 aromatic heterocycles. The number of hydrogen-bond acceptors (Lipinski definition) is 4. The summed E-state index contributed by atoms with van der Waals surface area (Å²) in [6, 6.07) is 9.62. The van der Waals surface area contributed by atoms with Crippen LogP contribution < -0.4 is 5.32 Å². The SMILES string of the molecule is Cc1cc(C(C)(O)CNC(=O)CCn2cnc3ccccc32)c(C)o1. The first-order chi connectivity index (χ1) is 11.9. The third-order valence-electron chi connectivity index (χ3n) is 4.36. The first-order valence-electron chi connectivity index (χ1n) is 8.33. The van der Waals surface area contributed by atoms with Gasteiger partial charge in [0.1, 0.15) is 17.1 Å². The average molecular weight is 341 g/mol. The molecule has 0 fully saturated rings. The van der Waals surface area contributed by atoms with Crippen LogP contribution in [-0.2, 0) is 16.9 Å². The van der Waals surface area contributed by atoms with Crippen LogP contribution in [0.5, 0.6) is 0 Å². The monoisotopic (exact) mass is 341 g/mol. The van der Waals surface area contributed by atoms with Crippen molar-refractivity contribution in [2.24, 2.45) is 0 Å². The number of carbonyl (C=O) groups is 1. The van der Waals surface area contributed by atoms with E-state index in [4.69, 9.17) is 4.42 Å². The topological polar surface area (TPSA) is 80.3 Å². The highest BCUT2D eigenvalue weighted by atomic mass is 16.3. The van der Waals surface area contributed by atoms with Gasteiger partial charge in [0.2, 0.25) is 5.91 Å². The third kappa shape index (κ3) is 3.74. The van der Waals surface area contributed by atoms with E-state index < -0.39 is 5.60 Å². The number of para-hydroxylation sites is 2. The summed E-state index contributed by atoms with van der Waals surface area (Å²) in [6.45, 7) is 5.99. The fourth-order valence-electron chi connectivity index (χ4n) is 3.03. The Bertz CT molecular complexity index is 892. The number of nitrogens with zero attached hydrogens (tertiary/aromatic N) is 2. The van der Waals surface area contributed by atoms with Crippen LogP contribution in [0.4, 0.5) is 0 Å². The van der Waals surface area contributed by atoms with Gasteiger partial charge in [0.05, 0.1) is 23.9 Å². The maximum absolute atomic E-state index is 12.2. The van der Waals surface area contributed by atoms with Crippen LogP contribution in [0.2, 0.25) is 0 Å². The lowest BCUT2D eigenvalue weighted by atomic mass is 9.96. The van der Waals surface area contributed by atoms with E-state index in [-0.39, 0.29) is 12.5 Å². The molecule has 132 valence electrons. The van der Waals surface area contributed by atoms with E-state index in [9.17, 15) is 9.90 Å². The molecule has 0 saturated carbocycles. The zero-order valence-electron chi connectivity index (χ0n) is 14.7. The Balaban J connectivity index is 1.57. The molecule has 0 aliphatic heterocycles. The van der Waals surface area contributed by atoms with Crippen molar-refractivity contribution in [3.8, 4) is 0 Å². The number of fused-ring (bicyclic) bond motifs is 1. The minimum atomic E-state index is -1.17. The third-order valence-corrected chi connectivity index (χ3v) is 4.36. The van der Waals surface area contributed by atoms with Gasteiger partial charge in [0.15, 0.2) is 0 Å². The van der Waals surface area contributed by atoms with E-state index in [1.165, 1.54) is 0 Å². The fourth-order valence-corrected chi connectivity index (χ4v) is 3.03. The normalized spacial score (nSPS) is 13.8. The minimum absolute atomic E-state index is 0.115. The zero-order chi connectivity index (χ0) is 18.0. The molecular formula is C19H23N3O3. The molecule has 2 N–H and O–H groups in total. The van der Waals surface area contributed by atoms with Crippen LogP contribution in [0.25, 0.3) is 11.0 Å². The maximum Gasteiger partial charge on any atom is 0.221 e. The molecule has 0 radical (unpaired) electrons. The summed E-state index contributed by atoms with van der Waals surface area (Å²) in [6.07, 6.45) is 2.06. The number of furan rings is 1. The first kappa shape index (κ1) is 17.2. The minimum Gasteiger partial charge on any atom is -0.466 e. The molecule has 6 nitrogen and oxygen atoms in total. The van der Waals surface area contributed by atoms with Gasteiger partial charge in [-0.25, -0.2) is 4.98 Å². The standard InChI is InChI=1S/C19H23N3O3/c1-13-10-15(14(2)25-13)19(3,24)11-20-18(23)8-9-22-12-21-16-6-4-5-7-17(16)22/h4-7,10,12,24H,8-9,11H2,1-3H3,(H,20,23). The molecule has 3 aromatic rings. The number of carbonyl (C=O) groups excluding carboxylic acids is 1. The van der Waals surface area contributed by atoms with Crippen molar-refractivity contribution in [1.29, 1.82) is 0 Å². The maximum atomic E-state index is 12.2. The summed E-state index contributed by atoms with van der Waals surface area (Å²) in [4.78, 5) is 16.5. The predicted octanol–water partition coefficient (Wildman–Crippen LogP) is 2.66. The van der Waals surface area contributed by atoms with Crippen LogP contribution in [0.1, 0.15) is 30.4 Å². The smallest absolute Gasteiger partial charge is 0.221 e. The highest BCUT2D eigenvalue weighted by Gasteiger charge is 2.28. The quantitative estimate of drug-likeness (QED) is 0.722. The van der Waals surface area contributed by atoms with Crippen LogP contribution >= 0.6 is 0 Å². The van der Waals surface area contributed by atoms with Crippen molar-refractivity contribution < 1.29 is 14.3 Å². The summed E-state index contributed by atoms with van der Waals surface area (Å²) in [5, 5.41) is 13.4. The lowest BCUT2D eigenvalue weighted by Crippen LogP contribution is -2.39. The molecule has 0 aliphatic rings. The van der Waals surface area contributed by atoms with Gasteiger partial charge in [0.25, 0.3) is 0 Å². The molecule has 1 atom stereocenters. The highest BCUT2D eigenvalue weighted by Crippen LogP contribution is 2.26. The lowest BCUT2D eigenvalue weighted by Gasteiger charge is -2.23. The van der Waals surface area contributed by atoms with Crippen molar-refractivity contribution in [3.05, 3.63) is 53.7 Å². The van der Waals surface area contributed by atoms with Crippen molar-refractivity contribution >= 4 is 16.9 Å². The van der Waals surface area contributed by atoms with Crippen molar-refractivity contribution in [3.63, 3.8) is 0 Å². The summed E-state index contributed by atoms with van der Waals surface area (Å²) in [7, 11) is 0. The number of aromatic nitrogens is 2. The molecular weight excluding hydrogens is 318 g/mol. The first-order valence-corrected chi connectivity index (χ1v) is 8.33.